The first-order chi connectivity index (χ1) is 9.40. The second-order valence-corrected chi connectivity index (χ2v) is 5.31. The van der Waals surface area contributed by atoms with Gasteiger partial charge in [-0.1, -0.05) is 30.3 Å². The van der Waals surface area contributed by atoms with Crippen LogP contribution in [0, 0.1) is 0 Å². The molecule has 0 saturated heterocycles. The second kappa shape index (κ2) is 5.33. The molecule has 2 aromatic rings. The number of hydrogen-bond donors (Lipinski definition) is 1. The Balaban J connectivity index is 2.23. The van der Waals surface area contributed by atoms with Crippen molar-refractivity contribution in [2.24, 2.45) is 7.05 Å². The van der Waals surface area contributed by atoms with Crippen LogP contribution in [0.2, 0.25) is 0 Å². The smallest absolute Gasteiger partial charge is 0.253 e. The van der Waals surface area contributed by atoms with Crippen molar-refractivity contribution < 1.29 is 4.79 Å². The standard InChI is InChI=1S/C16H18N2O2/c1-16(2,13-7-5-4-6-8-13)17-15(20)12-9-10-14(19)18(3)11-12/h4-11H,1-3H3,(H,17,20). The fourth-order valence-corrected chi connectivity index (χ4v) is 2.01. The summed E-state index contributed by atoms with van der Waals surface area (Å²) in [5, 5.41) is 2.98. The maximum atomic E-state index is 12.3. The van der Waals surface area contributed by atoms with Crippen LogP contribution in [-0.4, -0.2) is 10.5 Å². The number of rotatable bonds is 3. The van der Waals surface area contributed by atoms with E-state index < -0.39 is 5.54 Å². The highest BCUT2D eigenvalue weighted by molar-refractivity contribution is 5.94. The Morgan fingerprint density at radius 3 is 2.35 bits per heavy atom. The Kier molecular flexibility index (Phi) is 3.74. The van der Waals surface area contributed by atoms with Gasteiger partial charge in [-0.3, -0.25) is 9.59 Å². The van der Waals surface area contributed by atoms with Crippen LogP contribution in [0.5, 0.6) is 0 Å². The summed E-state index contributed by atoms with van der Waals surface area (Å²) in [5.41, 5.74) is 0.880. The Labute approximate surface area is 118 Å². The van der Waals surface area contributed by atoms with Crippen LogP contribution in [-0.2, 0) is 12.6 Å². The molecule has 1 amide bonds. The van der Waals surface area contributed by atoms with Gasteiger partial charge in [0.1, 0.15) is 0 Å². The Morgan fingerprint density at radius 2 is 1.75 bits per heavy atom. The first-order valence-electron chi connectivity index (χ1n) is 6.45. The molecule has 0 fully saturated rings. The lowest BCUT2D eigenvalue weighted by molar-refractivity contribution is 0.0911. The zero-order valence-electron chi connectivity index (χ0n) is 11.9. The van der Waals surface area contributed by atoms with E-state index in [1.165, 1.54) is 10.6 Å². The minimum atomic E-state index is -0.479. The lowest BCUT2D eigenvalue weighted by Gasteiger charge is -2.27. The maximum Gasteiger partial charge on any atom is 0.253 e. The quantitative estimate of drug-likeness (QED) is 0.928. The highest BCUT2D eigenvalue weighted by Gasteiger charge is 2.23. The summed E-state index contributed by atoms with van der Waals surface area (Å²) in [4.78, 5) is 23.6. The molecule has 4 heteroatoms. The molecule has 0 bridgehead atoms. The molecule has 20 heavy (non-hydrogen) atoms. The number of carbonyl (C=O) groups is 1. The lowest BCUT2D eigenvalue weighted by Crippen LogP contribution is -2.41. The van der Waals surface area contributed by atoms with Crippen molar-refractivity contribution in [2.75, 3.05) is 0 Å². The van der Waals surface area contributed by atoms with Crippen LogP contribution >= 0.6 is 0 Å². The number of nitrogens with one attached hydrogen (secondary N) is 1. The van der Waals surface area contributed by atoms with Gasteiger partial charge in [0.2, 0.25) is 5.56 Å². The minimum Gasteiger partial charge on any atom is -0.343 e. The van der Waals surface area contributed by atoms with Gasteiger partial charge in [0.25, 0.3) is 5.91 Å². The molecule has 0 spiro atoms. The van der Waals surface area contributed by atoms with Gasteiger partial charge in [0.15, 0.2) is 0 Å². The summed E-state index contributed by atoms with van der Waals surface area (Å²) in [6.07, 6.45) is 1.54. The molecule has 4 nitrogen and oxygen atoms in total. The number of aromatic nitrogens is 1. The molecule has 0 aliphatic carbocycles. The van der Waals surface area contributed by atoms with Crippen molar-refractivity contribution in [1.29, 1.82) is 0 Å². The number of amides is 1. The molecule has 2 rings (SSSR count). The van der Waals surface area contributed by atoms with E-state index in [2.05, 4.69) is 5.32 Å². The first kappa shape index (κ1) is 14.1. The van der Waals surface area contributed by atoms with Crippen LogP contribution < -0.4 is 10.9 Å². The number of nitrogens with zero attached hydrogens (tertiary/aromatic N) is 1. The van der Waals surface area contributed by atoms with Crippen molar-refractivity contribution >= 4 is 5.91 Å². The lowest BCUT2D eigenvalue weighted by atomic mass is 9.94. The van der Waals surface area contributed by atoms with Crippen LogP contribution in [0.15, 0.2) is 53.5 Å². The average molecular weight is 270 g/mol. The molecule has 0 aliphatic heterocycles. The highest BCUT2D eigenvalue weighted by atomic mass is 16.2. The predicted molar refractivity (Wildman–Crippen MR) is 78.6 cm³/mol. The Morgan fingerprint density at radius 1 is 1.10 bits per heavy atom. The van der Waals surface area contributed by atoms with Crippen LogP contribution in [0.3, 0.4) is 0 Å². The van der Waals surface area contributed by atoms with Crippen LogP contribution in [0.4, 0.5) is 0 Å². The maximum absolute atomic E-state index is 12.3. The predicted octanol–water partition coefficient (Wildman–Crippen LogP) is 2.05. The normalized spacial score (nSPS) is 11.2. The van der Waals surface area contributed by atoms with E-state index in [-0.39, 0.29) is 11.5 Å². The number of aryl methyl sites for hydroxylation is 1. The van der Waals surface area contributed by atoms with Crippen molar-refractivity contribution in [3.8, 4) is 0 Å². The fraction of sp³-hybridized carbons (Fsp3) is 0.250. The van der Waals surface area contributed by atoms with E-state index in [4.69, 9.17) is 0 Å². The van der Waals surface area contributed by atoms with E-state index in [1.807, 2.05) is 44.2 Å². The van der Waals surface area contributed by atoms with Gasteiger partial charge >= 0.3 is 0 Å². The molecule has 0 atom stereocenters. The van der Waals surface area contributed by atoms with Gasteiger partial charge in [0, 0.05) is 19.3 Å². The van der Waals surface area contributed by atoms with E-state index >= 15 is 0 Å². The molecule has 1 aromatic carbocycles. The molecule has 1 aromatic heterocycles. The summed E-state index contributed by atoms with van der Waals surface area (Å²) < 4.78 is 1.39. The third-order valence-corrected chi connectivity index (χ3v) is 3.27. The molecule has 0 saturated carbocycles. The number of carbonyl (C=O) groups excluding carboxylic acids is 1. The Bertz CT molecular complexity index is 672. The first-order valence-corrected chi connectivity index (χ1v) is 6.45. The topological polar surface area (TPSA) is 51.1 Å². The van der Waals surface area contributed by atoms with E-state index in [0.717, 1.165) is 5.56 Å². The molecule has 1 heterocycles. The zero-order valence-corrected chi connectivity index (χ0v) is 11.9. The third kappa shape index (κ3) is 2.96. The summed E-state index contributed by atoms with van der Waals surface area (Å²) in [6, 6.07) is 12.7. The van der Waals surface area contributed by atoms with Gasteiger partial charge in [-0.25, -0.2) is 0 Å². The monoisotopic (exact) mass is 270 g/mol. The molecule has 1 N–H and O–H groups in total. The summed E-state index contributed by atoms with van der Waals surface area (Å²) >= 11 is 0. The molecule has 104 valence electrons. The summed E-state index contributed by atoms with van der Waals surface area (Å²) in [5.74, 6) is -0.200. The van der Waals surface area contributed by atoms with Crippen molar-refractivity contribution in [1.82, 2.24) is 9.88 Å². The van der Waals surface area contributed by atoms with E-state index in [1.54, 1.807) is 19.3 Å². The molecule has 0 radical (unpaired) electrons. The van der Waals surface area contributed by atoms with Gasteiger partial charge in [0.05, 0.1) is 11.1 Å². The number of hydrogen-bond acceptors (Lipinski definition) is 2. The van der Waals surface area contributed by atoms with Crippen LogP contribution in [0.25, 0.3) is 0 Å². The molecular weight excluding hydrogens is 252 g/mol. The average Bonchev–Trinajstić information content (AvgIpc) is 2.42. The zero-order chi connectivity index (χ0) is 14.8. The molecule has 0 aliphatic rings. The Hall–Kier alpha value is -2.36. The fourth-order valence-electron chi connectivity index (χ4n) is 2.01. The van der Waals surface area contributed by atoms with Gasteiger partial charge in [-0.15, -0.1) is 0 Å². The summed E-state index contributed by atoms with van der Waals surface area (Å²) in [6.45, 7) is 3.89. The second-order valence-electron chi connectivity index (χ2n) is 5.31. The number of benzene rings is 1. The van der Waals surface area contributed by atoms with E-state index in [9.17, 15) is 9.59 Å². The van der Waals surface area contributed by atoms with Crippen molar-refractivity contribution in [3.05, 3.63) is 70.1 Å². The largest absolute Gasteiger partial charge is 0.343 e. The molecular formula is C16H18N2O2. The minimum absolute atomic E-state index is 0.135. The number of pyridine rings is 1. The van der Waals surface area contributed by atoms with Crippen molar-refractivity contribution in [3.63, 3.8) is 0 Å². The van der Waals surface area contributed by atoms with Gasteiger partial charge in [-0.2, -0.15) is 0 Å². The van der Waals surface area contributed by atoms with Crippen LogP contribution in [0.1, 0.15) is 29.8 Å². The molecule has 0 unspecified atom stereocenters. The summed E-state index contributed by atoms with van der Waals surface area (Å²) in [7, 11) is 1.63. The van der Waals surface area contributed by atoms with Gasteiger partial charge < -0.3 is 9.88 Å². The third-order valence-electron chi connectivity index (χ3n) is 3.27. The highest BCUT2D eigenvalue weighted by Crippen LogP contribution is 2.19. The van der Waals surface area contributed by atoms with Gasteiger partial charge in [-0.05, 0) is 25.5 Å². The SMILES string of the molecule is Cn1cc(C(=O)NC(C)(C)c2ccccc2)ccc1=O. The van der Waals surface area contributed by atoms with Crippen molar-refractivity contribution in [2.45, 2.75) is 19.4 Å². The van der Waals surface area contributed by atoms with E-state index in [0.29, 0.717) is 5.56 Å².